The second-order valence-electron chi connectivity index (χ2n) is 8.36. The third-order valence-electron chi connectivity index (χ3n) is 5.93. The quantitative estimate of drug-likeness (QED) is 0.192. The minimum absolute atomic E-state index is 0.309. The minimum atomic E-state index is 0.309. The van der Waals surface area contributed by atoms with Crippen molar-refractivity contribution >= 4 is 38.9 Å². The predicted octanol–water partition coefficient (Wildman–Crippen LogP) is 7.03. The summed E-state index contributed by atoms with van der Waals surface area (Å²) in [5, 5.41) is 5.99. The molecule has 0 radical (unpaired) electrons. The van der Waals surface area contributed by atoms with Crippen LogP contribution in [-0.2, 0) is 13.2 Å². The standard InChI is InChI=1S/C28H22ClN3O5S/c1-33-24-13-22(36-16-18-9-6-10-19(11-18)35-15-17-7-4-3-5-8-17)20-12-23(37-26(20)25(24)29)21-14-30-27-32(21)31-28(34-2)38-27/h3-14H,15-16H2,1-2H3. The molecule has 0 amide bonds. The van der Waals surface area contributed by atoms with Crippen LogP contribution in [0.4, 0.5) is 0 Å². The fourth-order valence-corrected chi connectivity index (χ4v) is 5.02. The molecule has 0 aliphatic heterocycles. The summed E-state index contributed by atoms with van der Waals surface area (Å²) in [7, 11) is 3.12. The first kappa shape index (κ1) is 24.1. The Labute approximate surface area is 226 Å². The summed E-state index contributed by atoms with van der Waals surface area (Å²) in [5.74, 6) is 2.33. The Morgan fingerprint density at radius 1 is 0.895 bits per heavy atom. The van der Waals surface area contributed by atoms with Crippen molar-refractivity contribution in [3.63, 3.8) is 0 Å². The van der Waals surface area contributed by atoms with Crippen molar-refractivity contribution < 1.29 is 23.4 Å². The largest absolute Gasteiger partial charge is 0.495 e. The van der Waals surface area contributed by atoms with Crippen molar-refractivity contribution in [1.29, 1.82) is 0 Å². The van der Waals surface area contributed by atoms with Gasteiger partial charge < -0.3 is 23.4 Å². The van der Waals surface area contributed by atoms with Gasteiger partial charge in [-0.1, -0.05) is 54.1 Å². The van der Waals surface area contributed by atoms with Gasteiger partial charge in [-0.3, -0.25) is 0 Å². The van der Waals surface area contributed by atoms with Crippen molar-refractivity contribution in [3.05, 3.63) is 89.1 Å². The molecule has 6 rings (SSSR count). The van der Waals surface area contributed by atoms with Gasteiger partial charge in [-0.25, -0.2) is 4.98 Å². The molecule has 6 aromatic rings. The first-order valence-electron chi connectivity index (χ1n) is 11.7. The number of rotatable bonds is 9. The summed E-state index contributed by atoms with van der Waals surface area (Å²) in [6, 6.07) is 21.5. The molecule has 0 atom stereocenters. The molecule has 3 heterocycles. The summed E-state index contributed by atoms with van der Waals surface area (Å²) in [6.45, 7) is 0.799. The molecule has 38 heavy (non-hydrogen) atoms. The van der Waals surface area contributed by atoms with Crippen LogP contribution in [-0.4, -0.2) is 28.8 Å². The van der Waals surface area contributed by atoms with E-state index in [1.807, 2.05) is 60.7 Å². The van der Waals surface area contributed by atoms with Gasteiger partial charge in [0.15, 0.2) is 11.3 Å². The summed E-state index contributed by atoms with van der Waals surface area (Å²) < 4.78 is 30.8. The van der Waals surface area contributed by atoms with Crippen molar-refractivity contribution in [2.75, 3.05) is 14.2 Å². The summed E-state index contributed by atoms with van der Waals surface area (Å²) >= 11 is 7.95. The number of nitrogens with zero attached hydrogens (tertiary/aromatic N) is 3. The number of methoxy groups -OCH3 is 2. The first-order valence-corrected chi connectivity index (χ1v) is 12.9. The summed E-state index contributed by atoms with van der Waals surface area (Å²) in [4.78, 5) is 5.10. The Kier molecular flexibility index (Phi) is 6.53. The van der Waals surface area contributed by atoms with Crippen molar-refractivity contribution in [3.8, 4) is 33.9 Å². The average molecular weight is 548 g/mol. The SMILES string of the molecule is COc1nn2c(-c3cc4c(OCc5cccc(OCc6ccccc6)c5)cc(OC)c(Cl)c4o3)cnc2s1. The smallest absolute Gasteiger partial charge is 0.294 e. The Hall–Kier alpha value is -4.21. The van der Waals surface area contributed by atoms with Gasteiger partial charge >= 0.3 is 0 Å². The molecule has 3 aromatic heterocycles. The molecule has 0 fully saturated rings. The minimum Gasteiger partial charge on any atom is -0.495 e. The fraction of sp³-hybridized carbons (Fsp3) is 0.143. The van der Waals surface area contributed by atoms with E-state index in [2.05, 4.69) is 10.1 Å². The van der Waals surface area contributed by atoms with Gasteiger partial charge in [0.05, 0.1) is 25.8 Å². The molecule has 0 saturated carbocycles. The van der Waals surface area contributed by atoms with Crippen LogP contribution in [0.2, 0.25) is 5.02 Å². The zero-order chi connectivity index (χ0) is 26.1. The molecular formula is C28H22ClN3O5S. The second-order valence-corrected chi connectivity index (χ2v) is 9.66. The van der Waals surface area contributed by atoms with Gasteiger partial charge in [0.25, 0.3) is 5.19 Å². The summed E-state index contributed by atoms with van der Waals surface area (Å²) in [6.07, 6.45) is 1.70. The van der Waals surface area contributed by atoms with Gasteiger partial charge in [0.1, 0.15) is 41.2 Å². The number of benzene rings is 3. The van der Waals surface area contributed by atoms with Crippen LogP contribution in [0.25, 0.3) is 27.4 Å². The Balaban J connectivity index is 1.28. The van der Waals surface area contributed by atoms with Gasteiger partial charge in [-0.15, -0.1) is 5.10 Å². The lowest BCUT2D eigenvalue weighted by Crippen LogP contribution is -1.99. The molecule has 0 unspecified atom stereocenters. The van der Waals surface area contributed by atoms with Gasteiger partial charge in [-0.05, 0) is 40.7 Å². The number of hydrogen-bond acceptors (Lipinski definition) is 8. The topological polar surface area (TPSA) is 80.3 Å². The summed E-state index contributed by atoms with van der Waals surface area (Å²) in [5.41, 5.74) is 3.17. The predicted molar refractivity (Wildman–Crippen MR) is 146 cm³/mol. The van der Waals surface area contributed by atoms with Gasteiger partial charge in [0.2, 0.25) is 4.96 Å². The van der Waals surface area contributed by atoms with Crippen LogP contribution in [0, 0.1) is 0 Å². The highest BCUT2D eigenvalue weighted by molar-refractivity contribution is 7.18. The highest BCUT2D eigenvalue weighted by Gasteiger charge is 2.21. The van der Waals surface area contributed by atoms with Gasteiger partial charge in [-0.2, -0.15) is 4.52 Å². The number of fused-ring (bicyclic) bond motifs is 2. The van der Waals surface area contributed by atoms with Crippen LogP contribution < -0.4 is 18.9 Å². The number of furan rings is 1. The second kappa shape index (κ2) is 10.3. The number of aromatic nitrogens is 3. The van der Waals surface area contributed by atoms with E-state index < -0.39 is 0 Å². The van der Waals surface area contributed by atoms with E-state index in [1.54, 1.807) is 31.0 Å². The van der Waals surface area contributed by atoms with E-state index >= 15 is 0 Å². The van der Waals surface area contributed by atoms with Crippen LogP contribution in [0.3, 0.4) is 0 Å². The molecule has 8 nitrogen and oxygen atoms in total. The normalized spacial score (nSPS) is 11.2. The van der Waals surface area contributed by atoms with Gasteiger partial charge in [0, 0.05) is 6.07 Å². The number of hydrogen-bond donors (Lipinski definition) is 0. The van der Waals surface area contributed by atoms with Crippen LogP contribution in [0.5, 0.6) is 22.4 Å². The molecule has 192 valence electrons. The van der Waals surface area contributed by atoms with E-state index in [-0.39, 0.29) is 0 Å². The average Bonchev–Trinajstić information content (AvgIpc) is 3.67. The van der Waals surface area contributed by atoms with Crippen molar-refractivity contribution in [1.82, 2.24) is 14.6 Å². The molecule has 10 heteroatoms. The first-order chi connectivity index (χ1) is 18.6. The molecule has 0 aliphatic carbocycles. The Bertz CT molecular complexity index is 1730. The van der Waals surface area contributed by atoms with E-state index in [1.165, 1.54) is 11.3 Å². The lowest BCUT2D eigenvalue weighted by atomic mass is 10.2. The maximum absolute atomic E-state index is 6.61. The Morgan fingerprint density at radius 2 is 1.71 bits per heavy atom. The fourth-order valence-electron chi connectivity index (χ4n) is 4.06. The van der Waals surface area contributed by atoms with Crippen molar-refractivity contribution in [2.45, 2.75) is 13.2 Å². The molecule has 0 saturated heterocycles. The van der Waals surface area contributed by atoms with E-state index in [0.717, 1.165) is 16.9 Å². The highest BCUT2D eigenvalue weighted by atomic mass is 35.5. The molecule has 0 bridgehead atoms. The number of ether oxygens (including phenoxy) is 4. The van der Waals surface area contributed by atoms with Crippen LogP contribution >= 0.6 is 22.9 Å². The maximum Gasteiger partial charge on any atom is 0.294 e. The third kappa shape index (κ3) is 4.62. The maximum atomic E-state index is 6.61. The van der Waals surface area contributed by atoms with E-state index in [4.69, 9.17) is 35.0 Å². The van der Waals surface area contributed by atoms with Crippen LogP contribution in [0.1, 0.15) is 11.1 Å². The lowest BCUT2D eigenvalue weighted by molar-refractivity contribution is 0.296. The van der Waals surface area contributed by atoms with E-state index in [0.29, 0.717) is 62.3 Å². The molecular weight excluding hydrogens is 526 g/mol. The van der Waals surface area contributed by atoms with Crippen LogP contribution in [0.15, 0.2) is 77.3 Å². The lowest BCUT2D eigenvalue weighted by Gasteiger charge is -2.12. The molecule has 0 aliphatic rings. The van der Waals surface area contributed by atoms with E-state index in [9.17, 15) is 0 Å². The van der Waals surface area contributed by atoms with Crippen molar-refractivity contribution in [2.24, 2.45) is 0 Å². The molecule has 3 aromatic carbocycles. The Morgan fingerprint density at radius 3 is 2.53 bits per heavy atom. The zero-order valence-electron chi connectivity index (χ0n) is 20.5. The third-order valence-corrected chi connectivity index (χ3v) is 7.17. The monoisotopic (exact) mass is 547 g/mol. The zero-order valence-corrected chi connectivity index (χ0v) is 22.1. The highest BCUT2D eigenvalue weighted by Crippen LogP contribution is 2.43. The number of imidazole rings is 1. The molecule has 0 N–H and O–H groups in total. The molecule has 0 spiro atoms. The number of halogens is 1.